The van der Waals surface area contributed by atoms with E-state index < -0.39 is 0 Å². The molecule has 2 aromatic heterocycles. The number of ether oxygens (including phenoxy) is 1. The Labute approximate surface area is 142 Å². The Morgan fingerprint density at radius 3 is 3.04 bits per heavy atom. The highest BCUT2D eigenvalue weighted by molar-refractivity contribution is 5.92. The van der Waals surface area contributed by atoms with E-state index in [0.29, 0.717) is 31.4 Å². The third kappa shape index (κ3) is 3.67. The number of nitrogens with one attached hydrogen (secondary N) is 1. The van der Waals surface area contributed by atoms with E-state index in [1.807, 2.05) is 22.6 Å². The first-order chi connectivity index (χ1) is 11.5. The summed E-state index contributed by atoms with van der Waals surface area (Å²) in [6.07, 6.45) is 4.21. The number of aromatic amines is 1. The lowest BCUT2D eigenvalue weighted by Gasteiger charge is -2.29. The fourth-order valence-corrected chi connectivity index (χ4v) is 2.96. The van der Waals surface area contributed by atoms with Crippen molar-refractivity contribution in [2.45, 2.75) is 46.3 Å². The molecule has 0 spiro atoms. The first kappa shape index (κ1) is 16.7. The first-order valence-electron chi connectivity index (χ1n) is 8.45. The maximum atomic E-state index is 13.0. The lowest BCUT2D eigenvalue weighted by Crippen LogP contribution is -2.42. The minimum atomic E-state index is -0.0385. The van der Waals surface area contributed by atoms with Gasteiger partial charge in [0.25, 0.3) is 5.91 Å². The molecular formula is C17H25N5O2. The summed E-state index contributed by atoms with van der Waals surface area (Å²) in [6, 6.07) is 2.00. The largest absolute Gasteiger partial charge is 0.379 e. The van der Waals surface area contributed by atoms with Crippen LogP contribution in [0.1, 0.15) is 42.3 Å². The number of fused-ring (bicyclic) bond motifs is 1. The molecule has 0 saturated heterocycles. The second kappa shape index (κ2) is 7.17. The molecule has 0 fully saturated rings. The summed E-state index contributed by atoms with van der Waals surface area (Å²) in [4.78, 5) is 22.0. The zero-order chi connectivity index (χ0) is 17.1. The summed E-state index contributed by atoms with van der Waals surface area (Å²) in [5.74, 6) is 1.18. The summed E-state index contributed by atoms with van der Waals surface area (Å²) < 4.78 is 7.81. The van der Waals surface area contributed by atoms with Gasteiger partial charge >= 0.3 is 0 Å². The maximum absolute atomic E-state index is 13.0. The number of H-pyrrole nitrogens is 1. The molecule has 3 rings (SSSR count). The van der Waals surface area contributed by atoms with Gasteiger partial charge in [-0.25, -0.2) is 4.98 Å². The molecule has 0 aromatic carbocycles. The number of imidazole rings is 1. The average Bonchev–Trinajstić information content (AvgIpc) is 3.13. The van der Waals surface area contributed by atoms with E-state index in [4.69, 9.17) is 4.74 Å². The zero-order valence-electron chi connectivity index (χ0n) is 14.5. The molecule has 1 aliphatic rings. The minimum absolute atomic E-state index is 0.0292. The molecule has 7 nitrogen and oxygen atoms in total. The second-order valence-electron chi connectivity index (χ2n) is 6.73. The Morgan fingerprint density at radius 1 is 1.50 bits per heavy atom. The van der Waals surface area contributed by atoms with Crippen LogP contribution in [0.3, 0.4) is 0 Å². The predicted octanol–water partition coefficient (Wildman–Crippen LogP) is 2.00. The molecule has 0 unspecified atom stereocenters. The van der Waals surface area contributed by atoms with Crippen molar-refractivity contribution in [3.05, 3.63) is 35.7 Å². The van der Waals surface area contributed by atoms with Gasteiger partial charge in [0.2, 0.25) is 0 Å². The number of carbonyl (C=O) groups is 1. The molecule has 130 valence electrons. The van der Waals surface area contributed by atoms with E-state index in [1.54, 1.807) is 12.4 Å². The van der Waals surface area contributed by atoms with Crippen LogP contribution in [-0.2, 0) is 17.8 Å². The molecule has 1 aliphatic heterocycles. The molecule has 0 radical (unpaired) electrons. The van der Waals surface area contributed by atoms with Crippen LogP contribution < -0.4 is 0 Å². The van der Waals surface area contributed by atoms with E-state index in [1.165, 1.54) is 0 Å². The summed E-state index contributed by atoms with van der Waals surface area (Å²) in [6.45, 7) is 8.67. The molecule has 0 bridgehead atoms. The highest BCUT2D eigenvalue weighted by atomic mass is 16.5. The van der Waals surface area contributed by atoms with Crippen LogP contribution in [0, 0.1) is 12.8 Å². The Balaban J connectivity index is 1.79. The predicted molar refractivity (Wildman–Crippen MR) is 89.5 cm³/mol. The number of nitrogens with zero attached hydrogens (tertiary/aromatic N) is 4. The average molecular weight is 331 g/mol. The highest BCUT2D eigenvalue weighted by Gasteiger charge is 2.29. The fourth-order valence-electron chi connectivity index (χ4n) is 2.96. The Morgan fingerprint density at radius 2 is 2.33 bits per heavy atom. The number of hydrogen-bond donors (Lipinski definition) is 1. The van der Waals surface area contributed by atoms with Crippen molar-refractivity contribution in [2.75, 3.05) is 13.2 Å². The third-order valence-electron chi connectivity index (χ3n) is 4.21. The van der Waals surface area contributed by atoms with Crippen molar-refractivity contribution in [1.29, 1.82) is 0 Å². The van der Waals surface area contributed by atoms with Crippen LogP contribution in [0.4, 0.5) is 0 Å². The van der Waals surface area contributed by atoms with Gasteiger partial charge < -0.3 is 14.6 Å². The second-order valence-corrected chi connectivity index (χ2v) is 6.73. The van der Waals surface area contributed by atoms with E-state index >= 15 is 0 Å². The normalized spacial score (nSPS) is 17.8. The lowest BCUT2D eigenvalue weighted by atomic mass is 10.1. The Hall–Kier alpha value is -2.15. The number of aryl methyl sites for hydroxylation is 2. The maximum Gasteiger partial charge on any atom is 0.272 e. The zero-order valence-corrected chi connectivity index (χ0v) is 14.5. The van der Waals surface area contributed by atoms with Gasteiger partial charge in [0.15, 0.2) is 0 Å². The van der Waals surface area contributed by atoms with E-state index in [0.717, 1.165) is 24.5 Å². The first-order valence-corrected chi connectivity index (χ1v) is 8.45. The number of rotatable bonds is 5. The Kier molecular flexibility index (Phi) is 4.99. The van der Waals surface area contributed by atoms with Gasteiger partial charge in [-0.2, -0.15) is 5.10 Å². The molecule has 1 atom stereocenters. The SMILES string of the molecule is Cc1ncc(C(=O)N2Cc3ccnn3CC[C@H]2COCC(C)C)[nH]1. The van der Waals surface area contributed by atoms with Crippen molar-refractivity contribution in [2.24, 2.45) is 5.92 Å². The molecular weight excluding hydrogens is 306 g/mol. The van der Waals surface area contributed by atoms with Gasteiger partial charge in [-0.3, -0.25) is 9.48 Å². The minimum Gasteiger partial charge on any atom is -0.379 e. The lowest BCUT2D eigenvalue weighted by molar-refractivity contribution is 0.0329. The highest BCUT2D eigenvalue weighted by Crippen LogP contribution is 2.20. The summed E-state index contributed by atoms with van der Waals surface area (Å²) in [7, 11) is 0. The molecule has 2 aromatic rings. The third-order valence-corrected chi connectivity index (χ3v) is 4.21. The molecule has 1 N–H and O–H groups in total. The van der Waals surface area contributed by atoms with Crippen molar-refractivity contribution in [3.8, 4) is 0 Å². The molecule has 0 aliphatic carbocycles. The van der Waals surface area contributed by atoms with Crippen molar-refractivity contribution >= 4 is 5.91 Å². The van der Waals surface area contributed by atoms with Crippen LogP contribution >= 0.6 is 0 Å². The van der Waals surface area contributed by atoms with Crippen molar-refractivity contribution < 1.29 is 9.53 Å². The van der Waals surface area contributed by atoms with Gasteiger partial charge in [-0.05, 0) is 25.3 Å². The van der Waals surface area contributed by atoms with Crippen LogP contribution in [0.25, 0.3) is 0 Å². The summed E-state index contributed by atoms with van der Waals surface area (Å²) in [5, 5.41) is 4.35. The smallest absolute Gasteiger partial charge is 0.272 e. The molecule has 0 saturated carbocycles. The van der Waals surface area contributed by atoms with Gasteiger partial charge in [0.05, 0.1) is 31.1 Å². The van der Waals surface area contributed by atoms with Crippen LogP contribution in [0.5, 0.6) is 0 Å². The van der Waals surface area contributed by atoms with Crippen molar-refractivity contribution in [3.63, 3.8) is 0 Å². The van der Waals surface area contributed by atoms with Gasteiger partial charge in [0.1, 0.15) is 11.5 Å². The molecule has 24 heavy (non-hydrogen) atoms. The van der Waals surface area contributed by atoms with Crippen LogP contribution in [0.2, 0.25) is 0 Å². The Bertz CT molecular complexity index is 691. The van der Waals surface area contributed by atoms with Gasteiger partial charge in [-0.15, -0.1) is 0 Å². The van der Waals surface area contributed by atoms with Gasteiger partial charge in [0, 0.05) is 19.3 Å². The van der Waals surface area contributed by atoms with E-state index in [-0.39, 0.29) is 11.9 Å². The van der Waals surface area contributed by atoms with Crippen LogP contribution in [0.15, 0.2) is 18.5 Å². The van der Waals surface area contributed by atoms with E-state index in [9.17, 15) is 4.79 Å². The van der Waals surface area contributed by atoms with Crippen LogP contribution in [-0.4, -0.2) is 49.8 Å². The monoisotopic (exact) mass is 331 g/mol. The molecule has 3 heterocycles. The summed E-state index contributed by atoms with van der Waals surface area (Å²) >= 11 is 0. The number of amides is 1. The number of hydrogen-bond acceptors (Lipinski definition) is 4. The number of carbonyl (C=O) groups excluding carboxylic acids is 1. The number of aromatic nitrogens is 4. The van der Waals surface area contributed by atoms with Crippen molar-refractivity contribution in [1.82, 2.24) is 24.6 Å². The standard InChI is InChI=1S/C17H25N5O2/c1-12(2)10-24-11-15-5-7-22-14(4-6-19-22)9-21(15)17(23)16-8-18-13(3)20-16/h4,6,8,12,15H,5,7,9-11H2,1-3H3,(H,18,20)/t15-/m0/s1. The fraction of sp³-hybridized carbons (Fsp3) is 0.588. The molecule has 7 heteroatoms. The molecule has 1 amide bonds. The quantitative estimate of drug-likeness (QED) is 0.909. The topological polar surface area (TPSA) is 76.0 Å². The summed E-state index contributed by atoms with van der Waals surface area (Å²) in [5.41, 5.74) is 1.57. The van der Waals surface area contributed by atoms with E-state index in [2.05, 4.69) is 28.9 Å². The van der Waals surface area contributed by atoms with Gasteiger partial charge in [-0.1, -0.05) is 13.8 Å².